The molecule has 0 heterocycles. The summed E-state index contributed by atoms with van der Waals surface area (Å²) in [5, 5.41) is 13.8. The van der Waals surface area contributed by atoms with Crippen LogP contribution in [0.25, 0.3) is 0 Å². The number of hydrogen-bond donors (Lipinski definition) is 1. The number of methoxy groups -OCH3 is 1. The maximum absolute atomic E-state index is 12.6. The average molecular weight is 420 g/mol. The quantitative estimate of drug-likeness (QED) is 0.326. The molecule has 3 aromatic carbocycles. The molecule has 8 heteroatoms. The Balaban J connectivity index is 1.70. The van der Waals surface area contributed by atoms with Crippen molar-refractivity contribution < 1.29 is 24.0 Å². The van der Waals surface area contributed by atoms with Crippen molar-refractivity contribution in [3.8, 4) is 11.5 Å². The fourth-order valence-corrected chi connectivity index (χ4v) is 2.92. The first-order chi connectivity index (χ1) is 14.9. The van der Waals surface area contributed by atoms with Crippen LogP contribution in [0.3, 0.4) is 0 Å². The number of ketones is 1. The molecule has 0 aliphatic rings. The van der Waals surface area contributed by atoms with Gasteiger partial charge in [0.15, 0.2) is 6.10 Å². The minimum Gasteiger partial charge on any atom is -0.497 e. The van der Waals surface area contributed by atoms with E-state index in [1.165, 1.54) is 18.2 Å². The lowest BCUT2D eigenvalue weighted by Gasteiger charge is -2.15. The molecule has 1 amide bonds. The van der Waals surface area contributed by atoms with Crippen LogP contribution in [0.2, 0.25) is 0 Å². The third-order valence-corrected chi connectivity index (χ3v) is 4.49. The third kappa shape index (κ3) is 5.24. The number of para-hydroxylation sites is 1. The van der Waals surface area contributed by atoms with Gasteiger partial charge in [-0.05, 0) is 49.4 Å². The number of ether oxygens (including phenoxy) is 2. The smallest absolute Gasteiger partial charge is 0.282 e. The van der Waals surface area contributed by atoms with Gasteiger partial charge in [-0.2, -0.15) is 0 Å². The number of nitro groups is 1. The number of amides is 1. The predicted octanol–water partition coefficient (Wildman–Crippen LogP) is 4.51. The second kappa shape index (κ2) is 9.53. The minimum atomic E-state index is -0.769. The Bertz CT molecular complexity index is 1110. The zero-order valence-corrected chi connectivity index (χ0v) is 16.9. The first-order valence-corrected chi connectivity index (χ1v) is 9.39. The Labute approximate surface area is 178 Å². The van der Waals surface area contributed by atoms with Crippen molar-refractivity contribution in [2.24, 2.45) is 0 Å². The van der Waals surface area contributed by atoms with Gasteiger partial charge >= 0.3 is 0 Å². The molecule has 1 atom stereocenters. The van der Waals surface area contributed by atoms with E-state index in [9.17, 15) is 19.7 Å². The summed E-state index contributed by atoms with van der Waals surface area (Å²) < 4.78 is 10.8. The van der Waals surface area contributed by atoms with Gasteiger partial charge in [-0.1, -0.05) is 18.2 Å². The van der Waals surface area contributed by atoms with E-state index in [0.717, 1.165) is 0 Å². The fraction of sp³-hybridized carbons (Fsp3) is 0.130. The van der Waals surface area contributed by atoms with E-state index < -0.39 is 16.9 Å². The molecular weight excluding hydrogens is 400 g/mol. The van der Waals surface area contributed by atoms with Crippen molar-refractivity contribution in [1.82, 2.24) is 0 Å². The van der Waals surface area contributed by atoms with Gasteiger partial charge in [-0.3, -0.25) is 19.7 Å². The number of anilines is 1. The van der Waals surface area contributed by atoms with Crippen molar-refractivity contribution in [3.63, 3.8) is 0 Å². The van der Waals surface area contributed by atoms with Gasteiger partial charge in [0.2, 0.25) is 5.78 Å². The van der Waals surface area contributed by atoms with Crippen LogP contribution in [0, 0.1) is 10.1 Å². The molecule has 0 fully saturated rings. The maximum Gasteiger partial charge on any atom is 0.282 e. The molecule has 8 nitrogen and oxygen atoms in total. The van der Waals surface area contributed by atoms with E-state index in [1.807, 2.05) is 0 Å². The standard InChI is InChI=1S/C23H20N2O6/c1-15(22(26)16-10-12-18(30-2)13-11-16)31-19-7-5-6-17(14-19)24-23(27)20-8-3-4-9-21(20)25(28)29/h3-15H,1-2H3,(H,24,27). The number of nitrogens with one attached hydrogen (secondary N) is 1. The second-order valence-electron chi connectivity index (χ2n) is 6.61. The van der Waals surface area contributed by atoms with Crippen molar-refractivity contribution in [2.75, 3.05) is 12.4 Å². The average Bonchev–Trinajstić information content (AvgIpc) is 2.78. The lowest BCUT2D eigenvalue weighted by molar-refractivity contribution is -0.385. The highest BCUT2D eigenvalue weighted by molar-refractivity contribution is 6.07. The van der Waals surface area contributed by atoms with Crippen LogP contribution in [0.1, 0.15) is 27.6 Å². The second-order valence-corrected chi connectivity index (χ2v) is 6.61. The summed E-state index contributed by atoms with van der Waals surface area (Å²) >= 11 is 0. The van der Waals surface area contributed by atoms with Gasteiger partial charge in [0.25, 0.3) is 11.6 Å². The lowest BCUT2D eigenvalue weighted by atomic mass is 10.1. The van der Waals surface area contributed by atoms with Crippen molar-refractivity contribution in [2.45, 2.75) is 13.0 Å². The molecule has 0 aliphatic heterocycles. The number of Topliss-reactive ketones (excluding diaryl/α,β-unsaturated/α-hetero) is 1. The van der Waals surface area contributed by atoms with E-state index in [2.05, 4.69) is 5.32 Å². The third-order valence-electron chi connectivity index (χ3n) is 4.49. The zero-order valence-electron chi connectivity index (χ0n) is 16.9. The number of carbonyl (C=O) groups is 2. The fourth-order valence-electron chi connectivity index (χ4n) is 2.92. The van der Waals surface area contributed by atoms with E-state index in [1.54, 1.807) is 68.6 Å². The molecule has 1 N–H and O–H groups in total. The number of nitrogens with zero attached hydrogens (tertiary/aromatic N) is 1. The van der Waals surface area contributed by atoms with Gasteiger partial charge < -0.3 is 14.8 Å². The van der Waals surface area contributed by atoms with Crippen LogP contribution >= 0.6 is 0 Å². The summed E-state index contributed by atoms with van der Waals surface area (Å²) in [4.78, 5) is 35.6. The molecule has 3 rings (SSSR count). The van der Waals surface area contributed by atoms with Gasteiger partial charge in [-0.25, -0.2) is 0 Å². The van der Waals surface area contributed by atoms with E-state index in [-0.39, 0.29) is 17.0 Å². The lowest BCUT2D eigenvalue weighted by Crippen LogP contribution is -2.24. The normalized spacial score (nSPS) is 11.3. The van der Waals surface area contributed by atoms with Gasteiger partial charge in [0.05, 0.1) is 12.0 Å². The Morgan fingerprint density at radius 2 is 1.68 bits per heavy atom. The van der Waals surface area contributed by atoms with Crippen LogP contribution < -0.4 is 14.8 Å². The Morgan fingerprint density at radius 1 is 0.968 bits per heavy atom. The molecule has 0 saturated heterocycles. The highest BCUT2D eigenvalue weighted by Crippen LogP contribution is 2.23. The largest absolute Gasteiger partial charge is 0.497 e. The van der Waals surface area contributed by atoms with E-state index in [0.29, 0.717) is 22.7 Å². The van der Waals surface area contributed by atoms with Gasteiger partial charge in [0, 0.05) is 23.4 Å². The van der Waals surface area contributed by atoms with Crippen LogP contribution in [0.4, 0.5) is 11.4 Å². The van der Waals surface area contributed by atoms with Crippen LogP contribution in [0.5, 0.6) is 11.5 Å². The minimum absolute atomic E-state index is 0.0538. The Kier molecular flexibility index (Phi) is 6.61. The molecular formula is C23H20N2O6. The SMILES string of the molecule is COc1ccc(C(=O)C(C)Oc2cccc(NC(=O)c3ccccc3[N+](=O)[O-])c2)cc1. The van der Waals surface area contributed by atoms with E-state index >= 15 is 0 Å². The Hall–Kier alpha value is -4.20. The summed E-state index contributed by atoms with van der Waals surface area (Å²) in [7, 11) is 1.55. The molecule has 0 radical (unpaired) electrons. The Morgan fingerprint density at radius 3 is 2.35 bits per heavy atom. The van der Waals surface area contributed by atoms with E-state index in [4.69, 9.17) is 9.47 Å². The molecule has 0 aliphatic carbocycles. The van der Waals surface area contributed by atoms with Crippen molar-refractivity contribution in [3.05, 3.63) is 94.0 Å². The highest BCUT2D eigenvalue weighted by Gasteiger charge is 2.20. The zero-order chi connectivity index (χ0) is 22.4. The molecule has 0 bridgehead atoms. The molecule has 3 aromatic rings. The molecule has 1 unspecified atom stereocenters. The topological polar surface area (TPSA) is 108 Å². The maximum atomic E-state index is 12.6. The monoisotopic (exact) mass is 420 g/mol. The first-order valence-electron chi connectivity index (χ1n) is 9.39. The molecule has 0 saturated carbocycles. The highest BCUT2D eigenvalue weighted by atomic mass is 16.6. The summed E-state index contributed by atoms with van der Waals surface area (Å²) in [5.41, 5.74) is 0.520. The molecule has 0 aromatic heterocycles. The van der Waals surface area contributed by atoms with Crippen LogP contribution in [-0.2, 0) is 0 Å². The molecule has 31 heavy (non-hydrogen) atoms. The predicted molar refractivity (Wildman–Crippen MR) is 115 cm³/mol. The summed E-state index contributed by atoms with van der Waals surface area (Å²) in [6, 6.07) is 18.8. The number of nitro benzene ring substituents is 1. The number of benzene rings is 3. The summed E-state index contributed by atoms with van der Waals surface area (Å²) in [6.45, 7) is 1.63. The van der Waals surface area contributed by atoms with Gasteiger partial charge in [0.1, 0.15) is 17.1 Å². The van der Waals surface area contributed by atoms with Crippen molar-refractivity contribution >= 4 is 23.1 Å². The summed E-state index contributed by atoms with van der Waals surface area (Å²) in [6.07, 6.45) is -0.769. The van der Waals surface area contributed by atoms with Crippen LogP contribution in [-0.4, -0.2) is 29.8 Å². The number of rotatable bonds is 8. The van der Waals surface area contributed by atoms with Crippen molar-refractivity contribution in [1.29, 1.82) is 0 Å². The molecule has 0 spiro atoms. The van der Waals surface area contributed by atoms with Crippen LogP contribution in [0.15, 0.2) is 72.8 Å². The summed E-state index contributed by atoms with van der Waals surface area (Å²) in [5.74, 6) is 0.186. The number of carbonyl (C=O) groups excluding carboxylic acids is 2. The first kappa shape index (κ1) is 21.5. The molecule has 158 valence electrons. The van der Waals surface area contributed by atoms with Gasteiger partial charge in [-0.15, -0.1) is 0 Å². The number of hydrogen-bond acceptors (Lipinski definition) is 6.